The number of aliphatic hydroxyl groups excluding tert-OH is 1. The first-order valence-corrected chi connectivity index (χ1v) is 11.2. The highest BCUT2D eigenvalue weighted by atomic mass is 16.5. The molecular formula is C25H31N3O3. The predicted octanol–water partition coefficient (Wildman–Crippen LogP) is 3.41. The van der Waals surface area contributed by atoms with Crippen LogP contribution in [0, 0.1) is 18.3 Å². The number of aliphatic hydroxyl groups is 1. The number of carbonyl (C=O) groups excluding carboxylic acids is 1. The van der Waals surface area contributed by atoms with Crippen LogP contribution in [0.4, 0.5) is 0 Å². The monoisotopic (exact) mass is 421 g/mol. The van der Waals surface area contributed by atoms with Gasteiger partial charge in [-0.3, -0.25) is 9.69 Å². The van der Waals surface area contributed by atoms with E-state index >= 15 is 0 Å². The van der Waals surface area contributed by atoms with Crippen LogP contribution in [-0.4, -0.2) is 58.8 Å². The second-order valence-electron chi connectivity index (χ2n) is 8.78. The normalized spacial score (nSPS) is 22.7. The van der Waals surface area contributed by atoms with E-state index in [-0.39, 0.29) is 17.9 Å². The van der Waals surface area contributed by atoms with Gasteiger partial charge in [0.05, 0.1) is 24.3 Å². The number of ether oxygens (including phenoxy) is 1. The van der Waals surface area contributed by atoms with E-state index in [9.17, 15) is 9.90 Å². The number of hydrogen-bond donors (Lipinski definition) is 1. The molecule has 2 saturated heterocycles. The number of carbonyl (C=O) groups is 1. The highest BCUT2D eigenvalue weighted by Gasteiger charge is 2.46. The number of nitriles is 1. The molecule has 3 atom stereocenters. The third kappa shape index (κ3) is 4.31. The maximum atomic E-state index is 13.3. The van der Waals surface area contributed by atoms with Gasteiger partial charge >= 0.3 is 0 Å². The van der Waals surface area contributed by atoms with Crippen molar-refractivity contribution in [1.82, 2.24) is 9.47 Å². The summed E-state index contributed by atoms with van der Waals surface area (Å²) in [4.78, 5) is 15.5. The zero-order valence-corrected chi connectivity index (χ0v) is 18.4. The Morgan fingerprint density at radius 3 is 2.65 bits per heavy atom. The van der Waals surface area contributed by atoms with Gasteiger partial charge in [0.2, 0.25) is 0 Å². The number of benzene rings is 1. The van der Waals surface area contributed by atoms with Crippen LogP contribution in [0.15, 0.2) is 30.3 Å². The molecule has 4 rings (SSSR count). The Bertz CT molecular complexity index is 973. The summed E-state index contributed by atoms with van der Waals surface area (Å²) in [5.41, 5.74) is 4.38. The van der Waals surface area contributed by atoms with Crippen LogP contribution in [0.2, 0.25) is 0 Å². The number of ketones is 1. The average molecular weight is 422 g/mol. The van der Waals surface area contributed by atoms with Crippen molar-refractivity contribution in [3.8, 4) is 11.8 Å². The first-order chi connectivity index (χ1) is 15.0. The Balaban J connectivity index is 1.60. The van der Waals surface area contributed by atoms with Crippen LogP contribution < -0.4 is 0 Å². The quantitative estimate of drug-likeness (QED) is 0.496. The number of unbranched alkanes of at least 4 members (excludes halogenated alkanes) is 1. The van der Waals surface area contributed by atoms with Crippen LogP contribution in [-0.2, 0) is 11.2 Å². The van der Waals surface area contributed by atoms with E-state index in [1.54, 1.807) is 7.11 Å². The molecule has 2 bridgehead atoms. The molecule has 6 heteroatoms. The van der Waals surface area contributed by atoms with E-state index in [1.165, 1.54) is 0 Å². The first-order valence-electron chi connectivity index (χ1n) is 11.2. The molecule has 1 aromatic heterocycles. The maximum absolute atomic E-state index is 13.3. The van der Waals surface area contributed by atoms with Crippen LogP contribution in [0.5, 0.6) is 0 Å². The fourth-order valence-electron chi connectivity index (χ4n) is 5.30. The maximum Gasteiger partial charge on any atom is 0.178 e. The van der Waals surface area contributed by atoms with Gasteiger partial charge in [0.15, 0.2) is 5.78 Å². The highest BCUT2D eigenvalue weighted by Crippen LogP contribution is 2.37. The summed E-state index contributed by atoms with van der Waals surface area (Å²) in [7, 11) is 1.71. The fourth-order valence-corrected chi connectivity index (χ4v) is 5.30. The first kappa shape index (κ1) is 21.8. The van der Waals surface area contributed by atoms with Crippen LogP contribution in [0.25, 0.3) is 5.69 Å². The number of nitrogens with zero attached hydrogens (tertiary/aromatic N) is 3. The minimum atomic E-state index is -0.299. The lowest BCUT2D eigenvalue weighted by Crippen LogP contribution is -2.36. The molecule has 0 amide bonds. The number of Topliss-reactive ketones (excluding diaryl/α,β-unsaturated/α-hetero) is 1. The Hall–Kier alpha value is -2.46. The lowest BCUT2D eigenvalue weighted by molar-refractivity contribution is 0.0873. The Morgan fingerprint density at radius 2 is 2.03 bits per heavy atom. The number of hydrogen-bond acceptors (Lipinski definition) is 5. The molecule has 2 fully saturated rings. The zero-order valence-electron chi connectivity index (χ0n) is 18.4. The molecule has 1 aromatic carbocycles. The summed E-state index contributed by atoms with van der Waals surface area (Å²) >= 11 is 0. The van der Waals surface area contributed by atoms with Gasteiger partial charge in [-0.2, -0.15) is 5.26 Å². The topological polar surface area (TPSA) is 78.5 Å². The Morgan fingerprint density at radius 1 is 1.26 bits per heavy atom. The summed E-state index contributed by atoms with van der Waals surface area (Å²) in [6.07, 6.45) is 5.34. The van der Waals surface area contributed by atoms with Gasteiger partial charge in [-0.15, -0.1) is 0 Å². The molecule has 2 aliphatic rings. The molecule has 2 aliphatic heterocycles. The van der Waals surface area contributed by atoms with Crippen molar-refractivity contribution in [2.45, 2.75) is 63.6 Å². The molecular weight excluding hydrogens is 390 g/mol. The molecule has 2 aromatic rings. The molecule has 0 spiro atoms. The van der Waals surface area contributed by atoms with Gasteiger partial charge in [0.1, 0.15) is 0 Å². The van der Waals surface area contributed by atoms with Crippen molar-refractivity contribution >= 4 is 5.78 Å². The number of aryl methyl sites for hydroxylation is 1. The van der Waals surface area contributed by atoms with Crippen molar-refractivity contribution in [3.63, 3.8) is 0 Å². The Labute approximate surface area is 184 Å². The van der Waals surface area contributed by atoms with Crippen LogP contribution in [0.3, 0.4) is 0 Å². The summed E-state index contributed by atoms with van der Waals surface area (Å²) < 4.78 is 7.33. The smallest absolute Gasteiger partial charge is 0.178 e. The standard InChI is InChI=1S/C25H31N3O3/c1-17-22(25(30)16-27-20-10-11-23(27)24(29)14-20)13-21(5-3-4-12-31-2)28(17)19-8-6-18(15-26)7-9-19/h6-9,13,20,23-24,29H,3-5,10-12,14,16H2,1-2H3/t20-,23+,24+/m1/s1. The molecule has 31 heavy (non-hydrogen) atoms. The molecule has 6 nitrogen and oxygen atoms in total. The second kappa shape index (κ2) is 9.35. The minimum absolute atomic E-state index is 0.119. The number of rotatable bonds is 9. The van der Waals surface area contributed by atoms with Gasteiger partial charge in [0.25, 0.3) is 0 Å². The van der Waals surface area contributed by atoms with E-state index in [2.05, 4.69) is 15.5 Å². The van der Waals surface area contributed by atoms with Gasteiger partial charge in [-0.25, -0.2) is 0 Å². The second-order valence-corrected chi connectivity index (χ2v) is 8.78. The van der Waals surface area contributed by atoms with E-state index in [0.717, 1.165) is 67.8 Å². The van der Waals surface area contributed by atoms with Crippen molar-refractivity contribution in [2.75, 3.05) is 20.3 Å². The summed E-state index contributed by atoms with van der Waals surface area (Å²) in [6.45, 7) is 3.09. The fraction of sp³-hybridized carbons (Fsp3) is 0.520. The SMILES string of the molecule is COCCCCc1cc(C(=O)CN2[C@@H]3CC[C@H]2[C@@H](O)C3)c(C)n1-c1ccc(C#N)cc1. The van der Waals surface area contributed by atoms with Crippen molar-refractivity contribution in [1.29, 1.82) is 5.26 Å². The van der Waals surface area contributed by atoms with Crippen molar-refractivity contribution in [2.24, 2.45) is 0 Å². The summed E-state index contributed by atoms with van der Waals surface area (Å²) in [6, 6.07) is 12.2. The minimum Gasteiger partial charge on any atom is -0.391 e. The lowest BCUT2D eigenvalue weighted by atomic mass is 9.98. The predicted molar refractivity (Wildman–Crippen MR) is 119 cm³/mol. The van der Waals surface area contributed by atoms with E-state index in [4.69, 9.17) is 10.00 Å². The molecule has 0 aliphatic carbocycles. The lowest BCUT2D eigenvalue weighted by Gasteiger charge is -2.21. The third-order valence-electron chi connectivity index (χ3n) is 6.88. The summed E-state index contributed by atoms with van der Waals surface area (Å²) in [5.74, 6) is 0.119. The Kier molecular flexibility index (Phi) is 6.57. The third-order valence-corrected chi connectivity index (χ3v) is 6.88. The van der Waals surface area contributed by atoms with E-state index in [1.807, 2.05) is 37.3 Å². The number of methoxy groups -OCH3 is 1. The molecule has 3 heterocycles. The molecule has 0 unspecified atom stereocenters. The van der Waals surface area contributed by atoms with Crippen LogP contribution in [0.1, 0.15) is 59.4 Å². The number of fused-ring (bicyclic) bond motifs is 2. The summed E-state index contributed by atoms with van der Waals surface area (Å²) in [5, 5.41) is 19.3. The molecule has 0 saturated carbocycles. The highest BCUT2D eigenvalue weighted by molar-refractivity contribution is 5.99. The average Bonchev–Trinajstić information content (AvgIpc) is 3.41. The molecule has 0 radical (unpaired) electrons. The van der Waals surface area contributed by atoms with Gasteiger partial charge < -0.3 is 14.4 Å². The van der Waals surface area contributed by atoms with E-state index < -0.39 is 0 Å². The largest absolute Gasteiger partial charge is 0.391 e. The van der Waals surface area contributed by atoms with Gasteiger partial charge in [-0.05, 0) is 75.8 Å². The van der Waals surface area contributed by atoms with E-state index in [0.29, 0.717) is 18.2 Å². The van der Waals surface area contributed by atoms with Crippen molar-refractivity contribution in [3.05, 3.63) is 52.8 Å². The molecule has 1 N–H and O–H groups in total. The zero-order chi connectivity index (χ0) is 22.0. The van der Waals surface area contributed by atoms with Crippen molar-refractivity contribution < 1.29 is 14.6 Å². The molecule has 164 valence electrons. The van der Waals surface area contributed by atoms with Crippen LogP contribution >= 0.6 is 0 Å². The van der Waals surface area contributed by atoms with Gasteiger partial charge in [0, 0.05) is 48.4 Å². The van der Waals surface area contributed by atoms with Gasteiger partial charge in [-0.1, -0.05) is 0 Å². The number of aromatic nitrogens is 1.